The highest BCUT2D eigenvalue weighted by Gasteiger charge is 2.34. The van der Waals surface area contributed by atoms with Crippen LogP contribution in [0.1, 0.15) is 31.9 Å². The van der Waals surface area contributed by atoms with Crippen molar-refractivity contribution in [3.63, 3.8) is 0 Å². The Balaban J connectivity index is 2.10. The van der Waals surface area contributed by atoms with Crippen LogP contribution in [-0.4, -0.2) is 29.3 Å². The van der Waals surface area contributed by atoms with Gasteiger partial charge in [-0.05, 0) is 23.5 Å². The lowest BCUT2D eigenvalue weighted by atomic mass is 10.00. The number of hydrogen-bond acceptors (Lipinski definition) is 2. The summed E-state index contributed by atoms with van der Waals surface area (Å²) in [5.74, 6) is 0.0457. The van der Waals surface area contributed by atoms with Crippen LogP contribution < -0.4 is 5.32 Å². The van der Waals surface area contributed by atoms with Gasteiger partial charge in [-0.15, -0.1) is 0 Å². The molecule has 0 saturated carbocycles. The molecule has 1 heterocycles. The van der Waals surface area contributed by atoms with Gasteiger partial charge in [-0.3, -0.25) is 9.59 Å². The quantitative estimate of drug-likeness (QED) is 0.909. The third kappa shape index (κ3) is 3.18. The Bertz CT molecular complexity index is 494. The molecule has 108 valence electrons. The largest absolute Gasteiger partial charge is 0.343 e. The van der Waals surface area contributed by atoms with Crippen LogP contribution in [-0.2, 0) is 22.6 Å². The van der Waals surface area contributed by atoms with Gasteiger partial charge in [0.15, 0.2) is 0 Å². The summed E-state index contributed by atoms with van der Waals surface area (Å²) < 4.78 is 0. The molecule has 1 aliphatic rings. The summed E-state index contributed by atoms with van der Waals surface area (Å²) in [6.45, 7) is 6.66. The monoisotopic (exact) mass is 274 g/mol. The highest BCUT2D eigenvalue weighted by atomic mass is 16.2. The zero-order valence-electron chi connectivity index (χ0n) is 12.3. The van der Waals surface area contributed by atoms with E-state index in [2.05, 4.69) is 24.4 Å². The number of benzene rings is 1. The second kappa shape index (κ2) is 6.07. The minimum atomic E-state index is -0.397. The highest BCUT2D eigenvalue weighted by molar-refractivity contribution is 5.94. The molecule has 1 aliphatic heterocycles. The van der Waals surface area contributed by atoms with Gasteiger partial charge in [0.05, 0.1) is 6.54 Å². The number of amides is 2. The molecule has 20 heavy (non-hydrogen) atoms. The first kappa shape index (κ1) is 14.6. The molecule has 0 aromatic heterocycles. The maximum atomic E-state index is 12.4. The molecule has 0 aliphatic carbocycles. The number of hydrogen-bond donors (Lipinski definition) is 1. The molecule has 2 rings (SSSR count). The summed E-state index contributed by atoms with van der Waals surface area (Å²) in [4.78, 5) is 25.7. The van der Waals surface area contributed by atoms with E-state index in [1.807, 2.05) is 26.0 Å². The van der Waals surface area contributed by atoms with E-state index in [1.54, 1.807) is 4.90 Å². The first-order valence-corrected chi connectivity index (χ1v) is 7.17. The van der Waals surface area contributed by atoms with Gasteiger partial charge in [-0.25, -0.2) is 0 Å². The fourth-order valence-corrected chi connectivity index (χ4v) is 2.42. The van der Waals surface area contributed by atoms with Gasteiger partial charge in [-0.1, -0.05) is 45.0 Å². The fraction of sp³-hybridized carbons (Fsp3) is 0.500. The van der Waals surface area contributed by atoms with Crippen LogP contribution in [0.3, 0.4) is 0 Å². The lowest BCUT2D eigenvalue weighted by molar-refractivity contribution is -0.146. The smallest absolute Gasteiger partial charge is 0.246 e. The molecule has 1 aromatic rings. The summed E-state index contributed by atoms with van der Waals surface area (Å²) in [6.07, 6.45) is 1.00. The zero-order valence-corrected chi connectivity index (χ0v) is 12.3. The fourth-order valence-electron chi connectivity index (χ4n) is 2.42. The summed E-state index contributed by atoms with van der Waals surface area (Å²) in [7, 11) is 0. The third-order valence-electron chi connectivity index (χ3n) is 3.70. The van der Waals surface area contributed by atoms with Crippen molar-refractivity contribution in [3.8, 4) is 0 Å². The topological polar surface area (TPSA) is 49.4 Å². The first-order chi connectivity index (χ1) is 9.51. The Labute approximate surface area is 120 Å². The number of nitrogens with one attached hydrogen (secondary N) is 1. The molecule has 1 N–H and O–H groups in total. The predicted octanol–water partition coefficient (Wildman–Crippen LogP) is 1.73. The van der Waals surface area contributed by atoms with Crippen LogP contribution in [0, 0.1) is 5.92 Å². The second-order valence-electron chi connectivity index (χ2n) is 5.65. The van der Waals surface area contributed by atoms with Crippen LogP contribution in [0.2, 0.25) is 0 Å². The molecule has 4 nitrogen and oxygen atoms in total. The van der Waals surface area contributed by atoms with Crippen LogP contribution in [0.4, 0.5) is 0 Å². The third-order valence-corrected chi connectivity index (χ3v) is 3.70. The second-order valence-corrected chi connectivity index (χ2v) is 5.65. The molecule has 2 amide bonds. The molecule has 4 heteroatoms. The van der Waals surface area contributed by atoms with E-state index in [0.29, 0.717) is 6.54 Å². The molecule has 1 aromatic carbocycles. The summed E-state index contributed by atoms with van der Waals surface area (Å²) in [5, 5.41) is 2.77. The Kier molecular flexibility index (Phi) is 4.42. The minimum Gasteiger partial charge on any atom is -0.343 e. The van der Waals surface area contributed by atoms with Gasteiger partial charge in [0, 0.05) is 6.54 Å². The van der Waals surface area contributed by atoms with Crippen molar-refractivity contribution in [3.05, 3.63) is 35.4 Å². The van der Waals surface area contributed by atoms with Crippen LogP contribution in [0.25, 0.3) is 0 Å². The molecule has 1 unspecified atom stereocenters. The number of carbonyl (C=O) groups excluding carboxylic acids is 2. The van der Waals surface area contributed by atoms with Crippen molar-refractivity contribution < 1.29 is 9.59 Å². The molecular formula is C16H22N2O2. The lowest BCUT2D eigenvalue weighted by Crippen LogP contribution is -2.59. The Morgan fingerprint density at radius 2 is 1.80 bits per heavy atom. The van der Waals surface area contributed by atoms with Crippen LogP contribution >= 0.6 is 0 Å². The highest BCUT2D eigenvalue weighted by Crippen LogP contribution is 2.14. The van der Waals surface area contributed by atoms with E-state index in [0.717, 1.165) is 12.0 Å². The van der Waals surface area contributed by atoms with Gasteiger partial charge in [0.1, 0.15) is 6.04 Å². The Morgan fingerprint density at radius 3 is 2.35 bits per heavy atom. The molecular weight excluding hydrogens is 252 g/mol. The number of nitrogens with zero attached hydrogens (tertiary/aromatic N) is 1. The van der Waals surface area contributed by atoms with Gasteiger partial charge >= 0.3 is 0 Å². The Morgan fingerprint density at radius 1 is 1.20 bits per heavy atom. The molecule has 0 spiro atoms. The zero-order chi connectivity index (χ0) is 14.7. The van der Waals surface area contributed by atoms with Gasteiger partial charge in [0.25, 0.3) is 0 Å². The standard InChI is InChI=1S/C16H22N2O2/c1-4-12-5-7-13(8-6-12)9-18-10-14(19)17-15(11(2)3)16(18)20/h5-8,11,15H,4,9-10H2,1-3H3,(H,17,19). The van der Waals surface area contributed by atoms with E-state index >= 15 is 0 Å². The van der Waals surface area contributed by atoms with E-state index in [1.165, 1.54) is 5.56 Å². The first-order valence-electron chi connectivity index (χ1n) is 7.17. The summed E-state index contributed by atoms with van der Waals surface area (Å²) in [6, 6.07) is 7.81. The van der Waals surface area contributed by atoms with E-state index in [-0.39, 0.29) is 24.3 Å². The van der Waals surface area contributed by atoms with Crippen molar-refractivity contribution in [2.24, 2.45) is 5.92 Å². The molecule has 0 radical (unpaired) electrons. The summed E-state index contributed by atoms with van der Waals surface area (Å²) >= 11 is 0. The Hall–Kier alpha value is -1.84. The van der Waals surface area contributed by atoms with Crippen molar-refractivity contribution in [1.82, 2.24) is 10.2 Å². The minimum absolute atomic E-state index is 0.0131. The molecule has 1 fully saturated rings. The number of piperazine rings is 1. The summed E-state index contributed by atoms with van der Waals surface area (Å²) in [5.41, 5.74) is 2.34. The van der Waals surface area contributed by atoms with Gasteiger partial charge in [0.2, 0.25) is 11.8 Å². The van der Waals surface area contributed by atoms with E-state index in [4.69, 9.17) is 0 Å². The molecule has 1 atom stereocenters. The number of aryl methyl sites for hydroxylation is 1. The van der Waals surface area contributed by atoms with Gasteiger partial charge < -0.3 is 10.2 Å². The van der Waals surface area contributed by atoms with Crippen LogP contribution in [0.5, 0.6) is 0 Å². The number of carbonyl (C=O) groups is 2. The average molecular weight is 274 g/mol. The maximum absolute atomic E-state index is 12.4. The number of rotatable bonds is 4. The normalized spacial score (nSPS) is 19.4. The van der Waals surface area contributed by atoms with Crippen molar-refractivity contribution in [2.45, 2.75) is 39.8 Å². The van der Waals surface area contributed by atoms with Crippen molar-refractivity contribution in [1.29, 1.82) is 0 Å². The van der Waals surface area contributed by atoms with E-state index < -0.39 is 6.04 Å². The average Bonchev–Trinajstić information content (AvgIpc) is 2.43. The maximum Gasteiger partial charge on any atom is 0.246 e. The van der Waals surface area contributed by atoms with Crippen LogP contribution in [0.15, 0.2) is 24.3 Å². The lowest BCUT2D eigenvalue weighted by Gasteiger charge is -2.34. The predicted molar refractivity (Wildman–Crippen MR) is 78.0 cm³/mol. The molecule has 0 bridgehead atoms. The van der Waals surface area contributed by atoms with Crippen molar-refractivity contribution in [2.75, 3.05) is 6.54 Å². The SMILES string of the molecule is CCc1ccc(CN2CC(=O)NC(C(C)C)C2=O)cc1. The van der Waals surface area contributed by atoms with Crippen molar-refractivity contribution >= 4 is 11.8 Å². The van der Waals surface area contributed by atoms with E-state index in [9.17, 15) is 9.59 Å². The van der Waals surface area contributed by atoms with Gasteiger partial charge in [-0.2, -0.15) is 0 Å². The molecule has 1 saturated heterocycles.